The van der Waals surface area contributed by atoms with Gasteiger partial charge in [0.2, 0.25) is 5.95 Å². The van der Waals surface area contributed by atoms with Crippen molar-refractivity contribution in [1.82, 2.24) is 20.6 Å². The lowest BCUT2D eigenvalue weighted by atomic mass is 10.1. The van der Waals surface area contributed by atoms with Crippen molar-refractivity contribution in [3.63, 3.8) is 0 Å². The van der Waals surface area contributed by atoms with Gasteiger partial charge in [-0.15, -0.1) is 0 Å². The molecule has 9 heteroatoms. The number of urea groups is 1. The summed E-state index contributed by atoms with van der Waals surface area (Å²) in [6.07, 6.45) is 3.21. The van der Waals surface area contributed by atoms with Gasteiger partial charge in [0.25, 0.3) is 5.91 Å². The second kappa shape index (κ2) is 8.42. The lowest BCUT2D eigenvalue weighted by Gasteiger charge is -2.10. The van der Waals surface area contributed by atoms with Crippen molar-refractivity contribution in [2.75, 3.05) is 30.8 Å². The summed E-state index contributed by atoms with van der Waals surface area (Å²) in [6.45, 7) is 0.762. The summed E-state index contributed by atoms with van der Waals surface area (Å²) in [5.41, 5.74) is 0.171. The Morgan fingerprint density at radius 2 is 1.92 bits per heavy atom. The van der Waals surface area contributed by atoms with Crippen LogP contribution in [0.25, 0.3) is 0 Å². The average molecular weight is 332 g/mol. The highest BCUT2D eigenvalue weighted by Gasteiger charge is 2.11. The Morgan fingerprint density at radius 3 is 2.62 bits per heavy atom. The van der Waals surface area contributed by atoms with Crippen LogP contribution in [0.4, 0.5) is 20.8 Å². The van der Waals surface area contributed by atoms with Gasteiger partial charge in [0.1, 0.15) is 5.82 Å². The predicted octanol–water partition coefficient (Wildman–Crippen LogP) is 1.21. The van der Waals surface area contributed by atoms with Crippen LogP contribution in [0.1, 0.15) is 10.4 Å². The Morgan fingerprint density at radius 1 is 1.17 bits per heavy atom. The maximum Gasteiger partial charge on any atom is 0.319 e. The molecule has 8 nitrogen and oxygen atoms in total. The third kappa shape index (κ3) is 4.90. The molecule has 3 amide bonds. The zero-order chi connectivity index (χ0) is 17.4. The molecule has 0 fully saturated rings. The molecule has 0 unspecified atom stereocenters. The van der Waals surface area contributed by atoms with E-state index in [-0.39, 0.29) is 5.56 Å². The maximum atomic E-state index is 13.5. The van der Waals surface area contributed by atoms with E-state index in [0.717, 1.165) is 6.07 Å². The third-order valence-electron chi connectivity index (χ3n) is 2.96. The number of hydrogen-bond donors (Lipinski definition) is 4. The summed E-state index contributed by atoms with van der Waals surface area (Å²) in [6, 6.07) is 4.99. The number of anilines is 2. The molecule has 0 bridgehead atoms. The Hall–Kier alpha value is -3.23. The molecule has 1 heterocycles. The van der Waals surface area contributed by atoms with E-state index in [9.17, 15) is 14.0 Å². The first-order valence-electron chi connectivity index (χ1n) is 7.17. The van der Waals surface area contributed by atoms with Crippen LogP contribution >= 0.6 is 0 Å². The van der Waals surface area contributed by atoms with Crippen molar-refractivity contribution in [3.05, 3.63) is 48.0 Å². The lowest BCUT2D eigenvalue weighted by Crippen LogP contribution is -2.33. The number of benzene rings is 1. The number of nitrogens with one attached hydrogen (secondary N) is 4. The van der Waals surface area contributed by atoms with Crippen LogP contribution in [0.3, 0.4) is 0 Å². The number of halogens is 1. The standard InChI is InChI=1S/C15H17FN6O2/c1-17-13(23)11-9-10(3-4-12(11)16)22-15(24)21-8-7-20-14-18-5-2-6-19-14/h2-6,9H,7-8H2,1H3,(H,17,23)(H,18,19,20)(H2,21,22,24). The van der Waals surface area contributed by atoms with Gasteiger partial charge in [0.15, 0.2) is 0 Å². The zero-order valence-corrected chi connectivity index (χ0v) is 13.0. The quantitative estimate of drug-likeness (QED) is 0.595. The number of carbonyl (C=O) groups is 2. The monoisotopic (exact) mass is 332 g/mol. The first-order valence-corrected chi connectivity index (χ1v) is 7.17. The number of hydrogen-bond acceptors (Lipinski definition) is 5. The van der Waals surface area contributed by atoms with Gasteiger partial charge in [-0.25, -0.2) is 19.2 Å². The molecule has 0 aliphatic carbocycles. The lowest BCUT2D eigenvalue weighted by molar-refractivity contribution is 0.0959. The minimum atomic E-state index is -0.660. The van der Waals surface area contributed by atoms with Crippen molar-refractivity contribution in [3.8, 4) is 0 Å². The molecule has 0 aliphatic heterocycles. The van der Waals surface area contributed by atoms with E-state index in [0.29, 0.717) is 24.7 Å². The molecule has 1 aromatic carbocycles. The molecule has 0 radical (unpaired) electrons. The second-order valence-corrected chi connectivity index (χ2v) is 4.65. The number of rotatable bonds is 6. The van der Waals surface area contributed by atoms with E-state index in [1.807, 2.05) is 0 Å². The topological polar surface area (TPSA) is 108 Å². The van der Waals surface area contributed by atoms with Crippen molar-refractivity contribution < 1.29 is 14.0 Å². The number of amides is 3. The molecular formula is C15H17FN6O2. The van der Waals surface area contributed by atoms with Gasteiger partial charge in [-0.05, 0) is 24.3 Å². The Labute approximate surface area is 137 Å². The fourth-order valence-electron chi connectivity index (χ4n) is 1.83. The Balaban J connectivity index is 1.81. The summed E-state index contributed by atoms with van der Waals surface area (Å²) in [7, 11) is 1.40. The van der Waals surface area contributed by atoms with E-state index in [1.165, 1.54) is 19.2 Å². The zero-order valence-electron chi connectivity index (χ0n) is 13.0. The van der Waals surface area contributed by atoms with E-state index >= 15 is 0 Å². The van der Waals surface area contributed by atoms with Crippen molar-refractivity contribution in [2.24, 2.45) is 0 Å². The van der Waals surface area contributed by atoms with Gasteiger partial charge in [0.05, 0.1) is 5.56 Å². The van der Waals surface area contributed by atoms with E-state index in [2.05, 4.69) is 31.2 Å². The predicted molar refractivity (Wildman–Crippen MR) is 87.3 cm³/mol. The van der Waals surface area contributed by atoms with Crippen molar-refractivity contribution in [2.45, 2.75) is 0 Å². The molecule has 2 aromatic rings. The van der Waals surface area contributed by atoms with Crippen molar-refractivity contribution in [1.29, 1.82) is 0 Å². The normalized spacial score (nSPS) is 9.92. The van der Waals surface area contributed by atoms with Crippen LogP contribution in [0.5, 0.6) is 0 Å². The average Bonchev–Trinajstić information content (AvgIpc) is 2.60. The van der Waals surface area contributed by atoms with Crippen molar-refractivity contribution >= 4 is 23.6 Å². The summed E-state index contributed by atoms with van der Waals surface area (Å²) in [5, 5.41) is 10.4. The van der Waals surface area contributed by atoms with Gasteiger partial charge < -0.3 is 21.3 Å². The number of carbonyl (C=O) groups excluding carboxylic acids is 2. The molecular weight excluding hydrogens is 315 g/mol. The molecule has 24 heavy (non-hydrogen) atoms. The Bertz CT molecular complexity index is 710. The number of aromatic nitrogens is 2. The van der Waals surface area contributed by atoms with Gasteiger partial charge in [-0.1, -0.05) is 0 Å². The first kappa shape index (κ1) is 17.1. The summed E-state index contributed by atoms with van der Waals surface area (Å²) in [5.74, 6) is -0.760. The van der Waals surface area contributed by atoms with Crippen LogP contribution in [-0.4, -0.2) is 42.0 Å². The second-order valence-electron chi connectivity index (χ2n) is 4.65. The molecule has 0 atom stereocenters. The van der Waals surface area contributed by atoms with Crippen LogP contribution in [0.15, 0.2) is 36.7 Å². The Kier molecular flexibility index (Phi) is 6.01. The van der Waals surface area contributed by atoms with Gasteiger partial charge in [0, 0.05) is 38.2 Å². The van der Waals surface area contributed by atoms with Crippen LogP contribution in [0, 0.1) is 5.82 Å². The van der Waals surface area contributed by atoms with E-state index in [4.69, 9.17) is 0 Å². The van der Waals surface area contributed by atoms with Gasteiger partial charge in [-0.2, -0.15) is 0 Å². The fourth-order valence-corrected chi connectivity index (χ4v) is 1.83. The minimum Gasteiger partial charge on any atom is -0.355 e. The van der Waals surface area contributed by atoms with E-state index in [1.54, 1.807) is 18.5 Å². The largest absolute Gasteiger partial charge is 0.355 e. The first-order chi connectivity index (χ1) is 11.6. The van der Waals surface area contributed by atoms with Crippen LogP contribution in [-0.2, 0) is 0 Å². The molecule has 2 rings (SSSR count). The summed E-state index contributed by atoms with van der Waals surface area (Å²) < 4.78 is 13.5. The minimum absolute atomic E-state index is 0.141. The SMILES string of the molecule is CNC(=O)c1cc(NC(=O)NCCNc2ncccn2)ccc1F. The summed E-state index contributed by atoms with van der Waals surface area (Å²) >= 11 is 0. The van der Waals surface area contributed by atoms with Crippen LogP contribution < -0.4 is 21.3 Å². The smallest absolute Gasteiger partial charge is 0.319 e. The summed E-state index contributed by atoms with van der Waals surface area (Å²) in [4.78, 5) is 31.3. The number of nitrogens with zero attached hydrogens (tertiary/aromatic N) is 2. The highest BCUT2D eigenvalue weighted by atomic mass is 19.1. The molecule has 4 N–H and O–H groups in total. The molecule has 0 saturated heterocycles. The third-order valence-corrected chi connectivity index (χ3v) is 2.96. The van der Waals surface area contributed by atoms with Gasteiger partial charge in [-0.3, -0.25) is 4.79 Å². The van der Waals surface area contributed by atoms with E-state index < -0.39 is 17.8 Å². The maximum absolute atomic E-state index is 13.5. The highest BCUT2D eigenvalue weighted by molar-refractivity contribution is 5.97. The molecule has 1 aromatic heterocycles. The fraction of sp³-hybridized carbons (Fsp3) is 0.200. The molecule has 0 saturated carbocycles. The van der Waals surface area contributed by atoms with Crippen LogP contribution in [0.2, 0.25) is 0 Å². The molecule has 0 aliphatic rings. The molecule has 0 spiro atoms. The van der Waals surface area contributed by atoms with Gasteiger partial charge >= 0.3 is 6.03 Å². The highest BCUT2D eigenvalue weighted by Crippen LogP contribution is 2.14. The molecule has 126 valence electrons.